The Morgan fingerprint density at radius 3 is 2.80 bits per heavy atom. The Morgan fingerprint density at radius 2 is 2.00 bits per heavy atom. The van der Waals surface area contributed by atoms with Crippen LogP contribution in [0.3, 0.4) is 0 Å². The number of hydrogen-bond donors (Lipinski definition) is 1. The van der Waals surface area contributed by atoms with Crippen molar-refractivity contribution >= 4 is 32.9 Å². The van der Waals surface area contributed by atoms with Gasteiger partial charge in [0.15, 0.2) is 5.78 Å². The van der Waals surface area contributed by atoms with Gasteiger partial charge >= 0.3 is 0 Å². The highest BCUT2D eigenvalue weighted by atomic mass is 32.1. The molecule has 0 aliphatic rings. The number of rotatable bonds is 3. The zero-order valence-corrected chi connectivity index (χ0v) is 12.0. The fourth-order valence-corrected chi connectivity index (χ4v) is 3.26. The van der Waals surface area contributed by atoms with Crippen LogP contribution in [0, 0.1) is 6.92 Å². The van der Waals surface area contributed by atoms with E-state index in [2.05, 4.69) is 17.5 Å². The molecule has 3 rings (SSSR count). The molecule has 2 aromatic carbocycles. The van der Waals surface area contributed by atoms with Crippen molar-refractivity contribution < 1.29 is 4.79 Å². The van der Waals surface area contributed by atoms with Crippen molar-refractivity contribution in [2.45, 2.75) is 13.3 Å². The van der Waals surface area contributed by atoms with Crippen LogP contribution >= 0.6 is 11.3 Å². The summed E-state index contributed by atoms with van der Waals surface area (Å²) in [5, 5.41) is 3.25. The highest BCUT2D eigenvalue weighted by Gasteiger charge is 2.11. The predicted octanol–water partition coefficient (Wildman–Crippen LogP) is 4.22. The third-order valence-electron chi connectivity index (χ3n) is 3.50. The van der Waals surface area contributed by atoms with Crippen LogP contribution in [0.4, 0.5) is 5.69 Å². The molecule has 1 heterocycles. The van der Waals surface area contributed by atoms with Crippen LogP contribution in [0.5, 0.6) is 0 Å². The standard InChI is InChI=1S/C17H15NOS/c1-11-8-12(6-7-15(11)18)16(19)9-13-10-20-17-5-3-2-4-14(13)17/h2-8,10H,9,18H2,1H3. The molecule has 0 fully saturated rings. The van der Waals surface area contributed by atoms with Gasteiger partial charge in [-0.3, -0.25) is 4.79 Å². The Balaban J connectivity index is 1.90. The van der Waals surface area contributed by atoms with E-state index in [1.807, 2.05) is 25.1 Å². The van der Waals surface area contributed by atoms with Gasteiger partial charge < -0.3 is 5.73 Å². The van der Waals surface area contributed by atoms with Crippen LogP contribution in [0.2, 0.25) is 0 Å². The van der Waals surface area contributed by atoms with Crippen LogP contribution in [0.15, 0.2) is 47.8 Å². The van der Waals surface area contributed by atoms with E-state index in [4.69, 9.17) is 5.73 Å². The van der Waals surface area contributed by atoms with E-state index in [0.29, 0.717) is 6.42 Å². The SMILES string of the molecule is Cc1cc(C(=O)Cc2csc3ccccc23)ccc1N. The molecular formula is C17H15NOS. The van der Waals surface area contributed by atoms with Gasteiger partial charge in [0.2, 0.25) is 0 Å². The van der Waals surface area contributed by atoms with Crippen LogP contribution in [0.1, 0.15) is 21.5 Å². The van der Waals surface area contributed by atoms with E-state index >= 15 is 0 Å². The van der Waals surface area contributed by atoms with E-state index in [1.165, 1.54) is 10.1 Å². The van der Waals surface area contributed by atoms with Crippen molar-refractivity contribution in [3.05, 3.63) is 64.5 Å². The third-order valence-corrected chi connectivity index (χ3v) is 4.52. The van der Waals surface area contributed by atoms with Crippen LogP contribution in [-0.2, 0) is 6.42 Å². The molecule has 100 valence electrons. The molecule has 3 heteroatoms. The van der Waals surface area contributed by atoms with Crippen molar-refractivity contribution in [2.24, 2.45) is 0 Å². The third kappa shape index (κ3) is 2.32. The molecule has 2 nitrogen and oxygen atoms in total. The summed E-state index contributed by atoms with van der Waals surface area (Å²) in [5.74, 6) is 0.136. The molecule has 0 unspecified atom stereocenters. The number of nitrogen functional groups attached to an aromatic ring is 1. The van der Waals surface area contributed by atoms with Gasteiger partial charge in [0, 0.05) is 22.4 Å². The second-order valence-electron chi connectivity index (χ2n) is 4.93. The molecule has 3 aromatic rings. The van der Waals surface area contributed by atoms with Gasteiger partial charge in [0.05, 0.1) is 0 Å². The molecule has 0 saturated heterocycles. The monoisotopic (exact) mass is 281 g/mol. The number of aryl methyl sites for hydroxylation is 1. The molecule has 20 heavy (non-hydrogen) atoms. The summed E-state index contributed by atoms with van der Waals surface area (Å²) < 4.78 is 1.23. The molecular weight excluding hydrogens is 266 g/mol. The van der Waals surface area contributed by atoms with E-state index in [9.17, 15) is 4.79 Å². The Morgan fingerprint density at radius 1 is 1.20 bits per heavy atom. The highest BCUT2D eigenvalue weighted by molar-refractivity contribution is 7.17. The normalized spacial score (nSPS) is 10.8. The van der Waals surface area contributed by atoms with Gasteiger partial charge in [-0.15, -0.1) is 11.3 Å². The fraction of sp³-hybridized carbons (Fsp3) is 0.118. The Labute approximate surface area is 121 Å². The van der Waals surface area contributed by atoms with Crippen molar-refractivity contribution in [3.8, 4) is 0 Å². The zero-order chi connectivity index (χ0) is 14.1. The van der Waals surface area contributed by atoms with Gasteiger partial charge in [0.25, 0.3) is 0 Å². The second-order valence-corrected chi connectivity index (χ2v) is 5.84. The Kier molecular flexibility index (Phi) is 3.28. The largest absolute Gasteiger partial charge is 0.399 e. The lowest BCUT2D eigenvalue weighted by molar-refractivity contribution is 0.0993. The minimum atomic E-state index is 0.136. The predicted molar refractivity (Wildman–Crippen MR) is 85.5 cm³/mol. The number of benzene rings is 2. The summed E-state index contributed by atoms with van der Waals surface area (Å²) in [6.45, 7) is 1.92. The number of carbonyl (C=O) groups excluding carboxylic acids is 1. The molecule has 0 radical (unpaired) electrons. The summed E-state index contributed by atoms with van der Waals surface area (Å²) in [7, 11) is 0. The number of anilines is 1. The zero-order valence-electron chi connectivity index (χ0n) is 11.2. The van der Waals surface area contributed by atoms with Gasteiger partial charge in [-0.25, -0.2) is 0 Å². The number of nitrogens with two attached hydrogens (primary N) is 1. The fourth-order valence-electron chi connectivity index (χ4n) is 2.29. The molecule has 2 N–H and O–H groups in total. The molecule has 0 amide bonds. The number of thiophene rings is 1. The number of carbonyl (C=O) groups is 1. The average Bonchev–Trinajstić information content (AvgIpc) is 2.85. The number of fused-ring (bicyclic) bond motifs is 1. The van der Waals surface area contributed by atoms with Crippen molar-refractivity contribution in [1.29, 1.82) is 0 Å². The van der Waals surface area contributed by atoms with Gasteiger partial charge in [-0.1, -0.05) is 18.2 Å². The maximum absolute atomic E-state index is 12.4. The van der Waals surface area contributed by atoms with Crippen LogP contribution in [0.25, 0.3) is 10.1 Å². The molecule has 0 atom stereocenters. The van der Waals surface area contributed by atoms with Crippen molar-refractivity contribution in [2.75, 3.05) is 5.73 Å². The summed E-state index contributed by atoms with van der Waals surface area (Å²) in [4.78, 5) is 12.4. The van der Waals surface area contributed by atoms with E-state index in [-0.39, 0.29) is 5.78 Å². The topological polar surface area (TPSA) is 43.1 Å². The van der Waals surface area contributed by atoms with Gasteiger partial charge in [0.1, 0.15) is 0 Å². The molecule has 0 bridgehead atoms. The lowest BCUT2D eigenvalue weighted by Crippen LogP contribution is -2.04. The summed E-state index contributed by atoms with van der Waals surface area (Å²) in [6.07, 6.45) is 0.438. The highest BCUT2D eigenvalue weighted by Crippen LogP contribution is 2.27. The first-order valence-corrected chi connectivity index (χ1v) is 7.37. The van der Waals surface area contributed by atoms with Crippen molar-refractivity contribution in [1.82, 2.24) is 0 Å². The number of ketones is 1. The van der Waals surface area contributed by atoms with E-state index in [0.717, 1.165) is 22.4 Å². The lowest BCUT2D eigenvalue weighted by Gasteiger charge is -2.04. The minimum absolute atomic E-state index is 0.136. The second kappa shape index (κ2) is 5.10. The maximum atomic E-state index is 12.4. The van der Waals surface area contributed by atoms with Crippen LogP contribution < -0.4 is 5.73 Å². The summed E-state index contributed by atoms with van der Waals surface area (Å²) in [5.41, 5.74) is 9.29. The molecule has 1 aromatic heterocycles. The van der Waals surface area contributed by atoms with Gasteiger partial charge in [-0.2, -0.15) is 0 Å². The molecule has 0 saturated carbocycles. The maximum Gasteiger partial charge on any atom is 0.167 e. The van der Waals surface area contributed by atoms with E-state index < -0.39 is 0 Å². The number of Topliss-reactive ketones (excluding diaryl/α,β-unsaturated/α-hetero) is 1. The first-order valence-electron chi connectivity index (χ1n) is 6.49. The smallest absolute Gasteiger partial charge is 0.167 e. The molecule has 0 aliphatic heterocycles. The molecule has 0 spiro atoms. The first-order chi connectivity index (χ1) is 9.65. The average molecular weight is 281 g/mol. The van der Waals surface area contributed by atoms with Gasteiger partial charge in [-0.05, 0) is 53.1 Å². The lowest BCUT2D eigenvalue weighted by atomic mass is 10.0. The summed E-state index contributed by atoms with van der Waals surface area (Å²) in [6, 6.07) is 13.7. The van der Waals surface area contributed by atoms with E-state index in [1.54, 1.807) is 23.5 Å². The summed E-state index contributed by atoms with van der Waals surface area (Å²) >= 11 is 1.68. The van der Waals surface area contributed by atoms with Crippen LogP contribution in [-0.4, -0.2) is 5.78 Å². The minimum Gasteiger partial charge on any atom is -0.399 e. The first kappa shape index (κ1) is 12.9. The molecule has 0 aliphatic carbocycles. The Bertz CT molecular complexity index is 789. The van der Waals surface area contributed by atoms with Crippen molar-refractivity contribution in [3.63, 3.8) is 0 Å². The number of hydrogen-bond acceptors (Lipinski definition) is 3. The quantitative estimate of drug-likeness (QED) is 0.577. The Hall–Kier alpha value is -2.13.